The number of pyridine rings is 1. The normalized spacial score (nSPS) is 25.2. The van der Waals surface area contributed by atoms with E-state index in [-0.39, 0.29) is 17.8 Å². The number of hydrogen-bond acceptors (Lipinski definition) is 8. The fraction of sp³-hybridized carbons (Fsp3) is 0.500. The molecule has 188 valence electrons. The third kappa shape index (κ3) is 3.85. The first-order valence-corrected chi connectivity index (χ1v) is 13.2. The highest BCUT2D eigenvalue weighted by molar-refractivity contribution is 6.32. The van der Waals surface area contributed by atoms with E-state index in [0.29, 0.717) is 41.1 Å². The molecule has 0 radical (unpaired) electrons. The number of benzene rings is 1. The molecule has 3 aromatic rings. The van der Waals surface area contributed by atoms with Gasteiger partial charge in [0, 0.05) is 43.7 Å². The second-order valence-electron chi connectivity index (χ2n) is 10.4. The molecule has 9 nitrogen and oxygen atoms in total. The van der Waals surface area contributed by atoms with Crippen molar-refractivity contribution in [1.82, 2.24) is 14.5 Å². The van der Waals surface area contributed by atoms with Crippen LogP contribution < -0.4 is 25.8 Å². The predicted octanol–water partition coefficient (Wildman–Crippen LogP) is 4.07. The smallest absolute Gasteiger partial charge is 0.295 e. The van der Waals surface area contributed by atoms with Crippen molar-refractivity contribution in [2.45, 2.75) is 50.4 Å². The Bertz CT molecular complexity index is 1390. The molecule has 0 spiro atoms. The Labute approximate surface area is 213 Å². The lowest BCUT2D eigenvalue weighted by atomic mass is 10.1. The number of hydrogen-bond donors (Lipinski definition) is 2. The molecule has 5 heterocycles. The molecule has 7 rings (SSSR count). The molecule has 2 bridgehead atoms. The first-order valence-electron chi connectivity index (χ1n) is 12.8. The number of fused-ring (bicyclic) bond motifs is 5. The molecule has 2 aromatic heterocycles. The number of nitrogens with one attached hydrogen (secondary N) is 2. The number of aromatic nitrogens is 3. The average Bonchev–Trinajstić information content (AvgIpc) is 3.70. The molecular weight excluding hydrogens is 480 g/mol. The molecule has 3 unspecified atom stereocenters. The van der Waals surface area contributed by atoms with E-state index in [1.165, 1.54) is 12.8 Å². The van der Waals surface area contributed by atoms with Gasteiger partial charge >= 0.3 is 0 Å². The van der Waals surface area contributed by atoms with Gasteiger partial charge < -0.3 is 29.6 Å². The molecule has 3 fully saturated rings. The number of ether oxygens (including phenoxy) is 2. The Balaban J connectivity index is 1.24. The first-order chi connectivity index (χ1) is 17.5. The van der Waals surface area contributed by atoms with Gasteiger partial charge in [0.1, 0.15) is 5.02 Å². The summed E-state index contributed by atoms with van der Waals surface area (Å²) in [5.41, 5.74) is 2.33. The van der Waals surface area contributed by atoms with E-state index in [0.717, 1.165) is 54.6 Å². The summed E-state index contributed by atoms with van der Waals surface area (Å²) in [7, 11) is 1.79. The molecule has 0 amide bonds. The van der Waals surface area contributed by atoms with E-state index >= 15 is 0 Å². The highest BCUT2D eigenvalue weighted by atomic mass is 35.5. The fourth-order valence-electron chi connectivity index (χ4n) is 5.79. The lowest BCUT2D eigenvalue weighted by Crippen LogP contribution is -2.43. The van der Waals surface area contributed by atoms with E-state index in [2.05, 4.69) is 20.5 Å². The standard InChI is InChI=1S/C26H29ClN6O3/c1-32-21-7-4-15(10-18(21)22-23(25(32)34)35-9-8-20(30-22)14-2-3-14)29-24-19(27)11-28-26(31-24)33-12-16-5-6-17(13-33)36-16/h4,7,10-11,14,16-17,20,30H,2-3,5-6,8-9,12-13H2,1H3,(H,28,29,31). The molecule has 36 heavy (non-hydrogen) atoms. The number of anilines is 4. The van der Waals surface area contributed by atoms with Crippen LogP contribution in [0.25, 0.3) is 10.9 Å². The lowest BCUT2D eigenvalue weighted by molar-refractivity contribution is 0.0299. The molecule has 2 N–H and O–H groups in total. The molecule has 3 aliphatic heterocycles. The number of aryl methyl sites for hydroxylation is 1. The topological polar surface area (TPSA) is 93.5 Å². The Kier molecular flexibility index (Phi) is 5.25. The van der Waals surface area contributed by atoms with Gasteiger partial charge in [0.15, 0.2) is 5.82 Å². The number of morpholine rings is 1. The van der Waals surface area contributed by atoms with Gasteiger partial charge in [-0.25, -0.2) is 4.98 Å². The molecule has 1 aromatic carbocycles. The highest BCUT2D eigenvalue weighted by Crippen LogP contribution is 2.41. The summed E-state index contributed by atoms with van der Waals surface area (Å²) >= 11 is 6.51. The van der Waals surface area contributed by atoms with E-state index < -0.39 is 0 Å². The van der Waals surface area contributed by atoms with Crippen LogP contribution in [0.5, 0.6) is 5.75 Å². The lowest BCUT2D eigenvalue weighted by Gasteiger charge is -2.32. The Morgan fingerprint density at radius 2 is 1.94 bits per heavy atom. The molecule has 4 aliphatic rings. The molecule has 10 heteroatoms. The molecule has 1 aliphatic carbocycles. The monoisotopic (exact) mass is 508 g/mol. The zero-order valence-electron chi connectivity index (χ0n) is 20.2. The second-order valence-corrected chi connectivity index (χ2v) is 10.8. The average molecular weight is 509 g/mol. The van der Waals surface area contributed by atoms with Crippen molar-refractivity contribution in [3.05, 3.63) is 39.8 Å². The summed E-state index contributed by atoms with van der Waals surface area (Å²) in [5.74, 6) is 2.25. The zero-order valence-corrected chi connectivity index (χ0v) is 20.9. The third-order valence-corrected chi connectivity index (χ3v) is 8.15. The van der Waals surface area contributed by atoms with Crippen molar-refractivity contribution >= 4 is 45.6 Å². The number of halogens is 1. The van der Waals surface area contributed by atoms with Crippen molar-refractivity contribution in [1.29, 1.82) is 0 Å². The second kappa shape index (κ2) is 8.52. The maximum atomic E-state index is 13.1. The van der Waals surface area contributed by atoms with Crippen LogP contribution in [0, 0.1) is 5.92 Å². The predicted molar refractivity (Wildman–Crippen MR) is 140 cm³/mol. The summed E-state index contributed by atoms with van der Waals surface area (Å²) in [6.07, 6.45) is 7.66. The van der Waals surface area contributed by atoms with Gasteiger partial charge in [-0.3, -0.25) is 4.79 Å². The van der Waals surface area contributed by atoms with Gasteiger partial charge in [-0.15, -0.1) is 0 Å². The number of rotatable bonds is 4. The van der Waals surface area contributed by atoms with Crippen LogP contribution in [-0.2, 0) is 11.8 Å². The van der Waals surface area contributed by atoms with Crippen LogP contribution in [0.15, 0.2) is 29.2 Å². The molecular formula is C26H29ClN6O3. The Morgan fingerprint density at radius 3 is 2.72 bits per heavy atom. The minimum atomic E-state index is -0.120. The molecule has 1 saturated carbocycles. The summed E-state index contributed by atoms with van der Waals surface area (Å²) in [6, 6.07) is 6.25. The van der Waals surface area contributed by atoms with Gasteiger partial charge in [-0.1, -0.05) is 11.6 Å². The van der Waals surface area contributed by atoms with Crippen molar-refractivity contribution in [2.24, 2.45) is 13.0 Å². The fourth-order valence-corrected chi connectivity index (χ4v) is 5.92. The third-order valence-electron chi connectivity index (χ3n) is 7.87. The summed E-state index contributed by atoms with van der Waals surface area (Å²) in [4.78, 5) is 24.5. The Hall–Kier alpha value is -3.04. The van der Waals surface area contributed by atoms with Crippen LogP contribution in [0.1, 0.15) is 32.1 Å². The van der Waals surface area contributed by atoms with Crippen molar-refractivity contribution < 1.29 is 9.47 Å². The van der Waals surface area contributed by atoms with Gasteiger partial charge in [0.25, 0.3) is 5.56 Å². The maximum absolute atomic E-state index is 13.1. The van der Waals surface area contributed by atoms with E-state index in [1.807, 2.05) is 18.2 Å². The van der Waals surface area contributed by atoms with E-state index in [1.54, 1.807) is 17.8 Å². The van der Waals surface area contributed by atoms with Crippen LogP contribution in [0.3, 0.4) is 0 Å². The van der Waals surface area contributed by atoms with Crippen LogP contribution in [0.4, 0.5) is 23.1 Å². The maximum Gasteiger partial charge on any atom is 0.295 e. The van der Waals surface area contributed by atoms with Crippen molar-refractivity contribution in [2.75, 3.05) is 35.2 Å². The Morgan fingerprint density at radius 1 is 1.14 bits per heavy atom. The first kappa shape index (κ1) is 22.2. The number of nitrogens with zero attached hydrogens (tertiary/aromatic N) is 4. The van der Waals surface area contributed by atoms with Crippen molar-refractivity contribution in [3.63, 3.8) is 0 Å². The molecule has 2 saturated heterocycles. The van der Waals surface area contributed by atoms with E-state index in [4.69, 9.17) is 26.1 Å². The van der Waals surface area contributed by atoms with Crippen LogP contribution in [0.2, 0.25) is 5.02 Å². The summed E-state index contributed by atoms with van der Waals surface area (Å²) in [5, 5.41) is 8.43. The van der Waals surface area contributed by atoms with Crippen LogP contribution >= 0.6 is 11.6 Å². The zero-order chi connectivity index (χ0) is 24.4. The minimum absolute atomic E-state index is 0.120. The largest absolute Gasteiger partial charge is 0.486 e. The van der Waals surface area contributed by atoms with E-state index in [9.17, 15) is 4.79 Å². The van der Waals surface area contributed by atoms with Crippen molar-refractivity contribution in [3.8, 4) is 5.75 Å². The minimum Gasteiger partial charge on any atom is -0.486 e. The van der Waals surface area contributed by atoms with Crippen LogP contribution in [-0.4, -0.2) is 52.5 Å². The van der Waals surface area contributed by atoms with Gasteiger partial charge in [0.2, 0.25) is 11.7 Å². The highest BCUT2D eigenvalue weighted by Gasteiger charge is 2.35. The van der Waals surface area contributed by atoms with Gasteiger partial charge in [-0.05, 0) is 49.8 Å². The van der Waals surface area contributed by atoms with Gasteiger partial charge in [0.05, 0.1) is 36.2 Å². The SMILES string of the molecule is Cn1c(=O)c2c(c3cc(Nc4nc(N5CC6CCC(C5)O6)ncc4Cl)ccc31)NC(C1CC1)CCO2. The molecule has 3 atom stereocenters. The summed E-state index contributed by atoms with van der Waals surface area (Å²) < 4.78 is 13.6. The quantitative estimate of drug-likeness (QED) is 0.545. The summed E-state index contributed by atoms with van der Waals surface area (Å²) in [6.45, 7) is 2.13. The van der Waals surface area contributed by atoms with Gasteiger partial charge in [-0.2, -0.15) is 4.98 Å².